The lowest BCUT2D eigenvalue weighted by molar-refractivity contribution is -0.184. The highest BCUT2D eigenvalue weighted by Gasteiger charge is 2.35. The van der Waals surface area contributed by atoms with Crippen LogP contribution in [0.25, 0.3) is 0 Å². The Morgan fingerprint density at radius 3 is 0.887 bits per heavy atom. The van der Waals surface area contributed by atoms with Crippen molar-refractivity contribution >= 4 is 94.5 Å². The van der Waals surface area contributed by atoms with Gasteiger partial charge in [0.1, 0.15) is 11.2 Å². The standard InChI is InChI=1S/2C12H22O5.C11H20O4.C10H18O5.C10H18O4.C10H18O3S.C8H14O5.CH4/c1-7(2)6-16-10(5)17-12(15)9(4)8(3)11(13)14;1-5-6-7-16-10(4)17-12(15)9(3)8(2)11(13)14;1-6-11(4,5)15-10(14)8(3)7(2)9(12)13;1-5-14-8(4)15-10(13)7(3)6(2)9(11)12;2*1-6(8(11)12)7(2)9(13)14-10(3,4)5;1-5(7(9)10)6(2)8(11)13-4-12-3;/h7-10H,6H2,1-5H3,(H,13,14);8-10H,5-7H2,1-4H3,(H,13,14);7-8H,6H2,1-5H3,(H,12,13);6-8H,5H2,1-4H3,(H,11,12);2*6-7H,1-5H3,(H,11,12);5-6H,4H2,1-3H3,(H,9,10);1H4. The number of carbonyl (C=O) groups excluding carboxylic acids is 7. The number of hydrogen-bond acceptors (Lipinski definition) is 25. The van der Waals surface area contributed by atoms with Gasteiger partial charge in [0.2, 0.25) is 0 Å². The van der Waals surface area contributed by atoms with E-state index in [0.717, 1.165) is 12.8 Å². The molecule has 31 nitrogen and oxygen atoms in total. The molecule has 106 heavy (non-hydrogen) atoms. The fourth-order valence-corrected chi connectivity index (χ4v) is 7.27. The summed E-state index contributed by atoms with van der Waals surface area (Å²) >= 11 is 1.21. The zero-order valence-electron chi connectivity index (χ0n) is 68.2. The van der Waals surface area contributed by atoms with Gasteiger partial charge in [-0.2, -0.15) is 0 Å². The van der Waals surface area contributed by atoms with Crippen LogP contribution in [0.15, 0.2) is 0 Å². The molecular weight excluding hydrogens is 1420 g/mol. The molecule has 0 heterocycles. The van der Waals surface area contributed by atoms with Crippen LogP contribution in [0.3, 0.4) is 0 Å². The van der Waals surface area contributed by atoms with Crippen LogP contribution in [-0.4, -0.2) is 187 Å². The maximum Gasteiger partial charge on any atom is 0.311 e. The van der Waals surface area contributed by atoms with E-state index in [1.165, 1.54) is 81.2 Å². The maximum atomic E-state index is 11.6. The van der Waals surface area contributed by atoms with Crippen LogP contribution in [-0.2, 0) is 114 Å². The smallest absolute Gasteiger partial charge is 0.311 e. The average molecular weight is 1550 g/mol. The minimum Gasteiger partial charge on any atom is -0.481 e. The molecule has 0 aliphatic heterocycles. The van der Waals surface area contributed by atoms with Gasteiger partial charge in [-0.15, -0.1) is 0 Å². The van der Waals surface area contributed by atoms with Gasteiger partial charge in [0.05, 0.1) is 90.1 Å². The summed E-state index contributed by atoms with van der Waals surface area (Å²) in [6.45, 7) is 52.0. The molecule has 0 bridgehead atoms. The van der Waals surface area contributed by atoms with Crippen LogP contribution in [0.4, 0.5) is 0 Å². The number of rotatable bonds is 37. The number of esters is 6. The molecule has 0 aromatic heterocycles. The zero-order chi connectivity index (χ0) is 84.7. The average Bonchev–Trinajstić information content (AvgIpc) is 0.909. The van der Waals surface area contributed by atoms with E-state index in [1.807, 2.05) is 62.3 Å². The molecule has 17 atom stereocenters. The molecule has 0 aliphatic rings. The van der Waals surface area contributed by atoms with Crippen molar-refractivity contribution in [1.82, 2.24) is 0 Å². The number of thioether (sulfide) groups is 1. The van der Waals surface area contributed by atoms with Crippen molar-refractivity contribution in [2.45, 2.75) is 269 Å². The maximum absolute atomic E-state index is 11.6. The Balaban J connectivity index is -0.000000176. The fourth-order valence-electron chi connectivity index (χ4n) is 6.27. The van der Waals surface area contributed by atoms with E-state index < -0.39 is 191 Å². The predicted molar refractivity (Wildman–Crippen MR) is 395 cm³/mol. The van der Waals surface area contributed by atoms with Gasteiger partial charge in [0.25, 0.3) is 0 Å². The first-order valence-corrected chi connectivity index (χ1v) is 35.8. The highest BCUT2D eigenvalue weighted by atomic mass is 32.2. The van der Waals surface area contributed by atoms with Crippen LogP contribution in [0, 0.1) is 88.8 Å². The van der Waals surface area contributed by atoms with E-state index in [2.05, 4.69) is 9.47 Å². The molecule has 624 valence electrons. The molecule has 0 fully saturated rings. The molecule has 0 aromatic rings. The quantitative estimate of drug-likeness (QED) is 0.0131. The lowest BCUT2D eigenvalue weighted by Gasteiger charge is -2.26. The van der Waals surface area contributed by atoms with Crippen molar-refractivity contribution in [2.75, 3.05) is 33.7 Å². The van der Waals surface area contributed by atoms with Crippen molar-refractivity contribution in [3.05, 3.63) is 0 Å². The van der Waals surface area contributed by atoms with Gasteiger partial charge in [0.15, 0.2) is 30.8 Å². The second kappa shape index (κ2) is 59.0. The Morgan fingerprint density at radius 2 is 0.632 bits per heavy atom. The van der Waals surface area contributed by atoms with Crippen LogP contribution < -0.4 is 0 Å². The molecule has 0 aliphatic carbocycles. The Hall–Kier alpha value is -7.03. The van der Waals surface area contributed by atoms with E-state index >= 15 is 0 Å². The van der Waals surface area contributed by atoms with Crippen LogP contribution in [0.5, 0.6) is 0 Å². The van der Waals surface area contributed by atoms with E-state index in [0.29, 0.717) is 32.2 Å². The van der Waals surface area contributed by atoms with Gasteiger partial charge >= 0.3 is 77.6 Å². The van der Waals surface area contributed by atoms with Crippen molar-refractivity contribution in [1.29, 1.82) is 0 Å². The molecule has 0 aromatic carbocycles. The minimum atomic E-state index is -1.01. The number of methoxy groups -OCH3 is 1. The number of carboxylic acid groups (broad SMARTS) is 7. The Labute approximate surface area is 634 Å². The highest BCUT2D eigenvalue weighted by molar-refractivity contribution is 8.14. The predicted octanol–water partition coefficient (Wildman–Crippen LogP) is 12.5. The third-order valence-electron chi connectivity index (χ3n) is 15.7. The number of hydrogen-bond donors (Lipinski definition) is 7. The zero-order valence-corrected chi connectivity index (χ0v) is 69.0. The van der Waals surface area contributed by atoms with Gasteiger partial charge in [-0.25, -0.2) is 0 Å². The monoisotopic (exact) mass is 1550 g/mol. The summed E-state index contributed by atoms with van der Waals surface area (Å²) < 4.78 is 49.7. The molecule has 0 saturated heterocycles. The van der Waals surface area contributed by atoms with Crippen molar-refractivity contribution in [3.63, 3.8) is 0 Å². The molecule has 0 amide bonds. The summed E-state index contributed by atoms with van der Waals surface area (Å²) in [6.07, 6.45) is 0.708. The van der Waals surface area contributed by atoms with Crippen molar-refractivity contribution in [2.24, 2.45) is 88.8 Å². The van der Waals surface area contributed by atoms with Gasteiger partial charge in [0, 0.05) is 24.4 Å². The summed E-state index contributed by atoms with van der Waals surface area (Å²) in [5.41, 5.74) is -1.09. The number of aliphatic carboxylic acids is 7. The summed E-state index contributed by atoms with van der Waals surface area (Å²) in [4.78, 5) is 155. The normalized spacial score (nSPS) is 15.7. The Kier molecular flexibility index (Phi) is 63.9. The van der Waals surface area contributed by atoms with Crippen molar-refractivity contribution < 1.29 is 150 Å². The number of unbranched alkanes of at least 4 members (excludes halogenated alkanes) is 1. The highest BCUT2D eigenvalue weighted by Crippen LogP contribution is 2.30. The van der Waals surface area contributed by atoms with Crippen LogP contribution >= 0.6 is 11.8 Å². The van der Waals surface area contributed by atoms with E-state index in [4.69, 9.17) is 73.6 Å². The summed E-state index contributed by atoms with van der Waals surface area (Å²) in [5.74, 6) is -19.1. The largest absolute Gasteiger partial charge is 0.481 e. The van der Waals surface area contributed by atoms with Gasteiger partial charge in [-0.1, -0.05) is 171 Å². The molecule has 17 unspecified atom stereocenters. The fraction of sp³-hybridized carbons (Fsp3) is 0.811. The third-order valence-corrected chi connectivity index (χ3v) is 16.9. The SMILES string of the molecule is C.CC(C(=O)O)C(C)C(=O)OC(C)(C)C.CC(C(=O)O)C(C)C(=O)SC(C)(C)C.CC(C)COC(C)OC(=O)C(C)C(C)C(=O)O.CCC(C)(C)OC(=O)C(C)C(C)C(=O)O.CCCCOC(C)OC(=O)C(C)C(C)C(=O)O.CCOC(C)OC(=O)C(C)C(C)C(=O)O.COCOC(=O)C(C)C(C)C(=O)O. The van der Waals surface area contributed by atoms with Gasteiger partial charge in [-0.05, 0) is 81.1 Å². The topological polar surface area (TPSA) is 473 Å². The van der Waals surface area contributed by atoms with E-state index in [1.54, 1.807) is 83.1 Å². The summed E-state index contributed by atoms with van der Waals surface area (Å²) in [6, 6.07) is 0. The van der Waals surface area contributed by atoms with E-state index in [-0.39, 0.29) is 24.1 Å². The molecule has 0 rings (SSSR count). The van der Waals surface area contributed by atoms with E-state index in [9.17, 15) is 67.1 Å². The first-order chi connectivity index (χ1) is 47.6. The van der Waals surface area contributed by atoms with Crippen LogP contribution in [0.1, 0.15) is 234 Å². The molecule has 0 radical (unpaired) electrons. The second-order valence-electron chi connectivity index (χ2n) is 28.3. The Morgan fingerprint density at radius 1 is 0.358 bits per heavy atom. The minimum absolute atomic E-state index is 0. The first-order valence-electron chi connectivity index (χ1n) is 35.0. The molecule has 7 N–H and O–H groups in total. The number of ether oxygens (including phenoxy) is 10. The molecule has 0 spiro atoms. The number of carboxylic acids is 7. The summed E-state index contributed by atoms with van der Waals surface area (Å²) in [5, 5.41) is 61.0. The van der Waals surface area contributed by atoms with Crippen molar-refractivity contribution in [3.8, 4) is 0 Å². The van der Waals surface area contributed by atoms with Crippen LogP contribution in [0.2, 0.25) is 0 Å². The Bertz CT molecular complexity index is 2560. The lowest BCUT2D eigenvalue weighted by Crippen LogP contribution is -2.34. The lowest BCUT2D eigenvalue weighted by atomic mass is 9.96. The first kappa shape index (κ1) is 115. The molecule has 32 heteroatoms. The summed E-state index contributed by atoms with van der Waals surface area (Å²) in [7, 11) is 1.39. The van der Waals surface area contributed by atoms with Gasteiger partial charge in [-0.3, -0.25) is 67.1 Å². The second-order valence-corrected chi connectivity index (χ2v) is 30.1. The molecule has 0 saturated carbocycles. The number of carbonyl (C=O) groups is 14. The molecular formula is C74H136O31S. The van der Waals surface area contributed by atoms with Gasteiger partial charge < -0.3 is 83.1 Å². The third kappa shape index (κ3) is 58.1.